The molecule has 11 nitrogen and oxygen atoms in total. The van der Waals surface area contributed by atoms with E-state index in [9.17, 15) is 24.0 Å². The lowest BCUT2D eigenvalue weighted by Gasteiger charge is -2.31. The van der Waals surface area contributed by atoms with Crippen molar-refractivity contribution in [2.75, 3.05) is 0 Å². The van der Waals surface area contributed by atoms with Gasteiger partial charge in [0.2, 0.25) is 17.7 Å². The van der Waals surface area contributed by atoms with Gasteiger partial charge in [0.15, 0.2) is 0 Å². The van der Waals surface area contributed by atoms with E-state index >= 15 is 0 Å². The van der Waals surface area contributed by atoms with Gasteiger partial charge in [-0.25, -0.2) is 4.79 Å². The molecule has 2 fully saturated rings. The smallest absolute Gasteiger partial charge is 0.408 e. The highest BCUT2D eigenvalue weighted by atomic mass is 16.6. The van der Waals surface area contributed by atoms with Gasteiger partial charge in [-0.3, -0.25) is 19.2 Å². The molecule has 1 heterocycles. The van der Waals surface area contributed by atoms with Crippen LogP contribution in [-0.4, -0.2) is 53.6 Å². The summed E-state index contributed by atoms with van der Waals surface area (Å²) in [5.74, 6) is -1.90. The minimum absolute atomic E-state index is 0.0796. The van der Waals surface area contributed by atoms with Crippen LogP contribution in [0.25, 0.3) is 0 Å². The molecule has 232 valence electrons. The average molecular weight is 587 g/mol. The van der Waals surface area contributed by atoms with E-state index in [1.807, 2.05) is 6.92 Å². The molecule has 0 unspecified atom stereocenters. The summed E-state index contributed by atoms with van der Waals surface area (Å²) >= 11 is 0. The van der Waals surface area contributed by atoms with E-state index in [1.54, 1.807) is 51.1 Å². The van der Waals surface area contributed by atoms with Crippen LogP contribution in [0.4, 0.5) is 4.79 Å². The zero-order chi connectivity index (χ0) is 30.9. The Morgan fingerprint density at radius 3 is 2.24 bits per heavy atom. The molecule has 0 spiro atoms. The summed E-state index contributed by atoms with van der Waals surface area (Å²) in [6.45, 7) is 6.88. The number of esters is 1. The number of alkyl carbamates (subject to hydrolysis) is 1. The fourth-order valence-corrected chi connectivity index (χ4v) is 5.55. The highest BCUT2D eigenvalue weighted by Crippen LogP contribution is 2.32. The standard InChI is InChI=1S/C31H46N4O7/c1-19-17-24(41-29(19)39)23(18-20-11-7-5-8-12-20)33-28(38)26(21-13-9-6-10-14-21)35-27(37)22(15-16-25(32)36)34-30(40)42-31(2,3)4/h6,9-10,13-14,19-20,22-24,26H,5,7-8,11-12,15-18H2,1-4H3,(H2,32,36)(H,33,38)(H,34,40)(H,35,37)/t19-,22+,23+,24+,26+/m1/s1. The van der Waals surface area contributed by atoms with Gasteiger partial charge < -0.3 is 31.2 Å². The number of ether oxygens (including phenoxy) is 2. The van der Waals surface area contributed by atoms with E-state index in [0.717, 1.165) is 25.7 Å². The third-order valence-corrected chi connectivity index (χ3v) is 7.71. The molecule has 1 aliphatic carbocycles. The van der Waals surface area contributed by atoms with Crippen LogP contribution in [0.15, 0.2) is 30.3 Å². The van der Waals surface area contributed by atoms with Crippen molar-refractivity contribution in [3.05, 3.63) is 35.9 Å². The Morgan fingerprint density at radius 1 is 1.00 bits per heavy atom. The van der Waals surface area contributed by atoms with Gasteiger partial charge in [-0.05, 0) is 51.5 Å². The van der Waals surface area contributed by atoms with Gasteiger partial charge in [0, 0.05) is 6.42 Å². The van der Waals surface area contributed by atoms with Crippen LogP contribution >= 0.6 is 0 Å². The molecule has 1 aliphatic heterocycles. The minimum atomic E-state index is -1.18. The zero-order valence-electron chi connectivity index (χ0n) is 25.1. The van der Waals surface area contributed by atoms with Crippen LogP contribution in [0.5, 0.6) is 0 Å². The van der Waals surface area contributed by atoms with Gasteiger partial charge in [0.1, 0.15) is 23.8 Å². The lowest BCUT2D eigenvalue weighted by Crippen LogP contribution is -2.53. The minimum Gasteiger partial charge on any atom is -0.460 e. The normalized spacial score (nSPS) is 21.4. The van der Waals surface area contributed by atoms with Crippen LogP contribution < -0.4 is 21.7 Å². The lowest BCUT2D eigenvalue weighted by molar-refractivity contribution is -0.146. The number of primary amides is 1. The largest absolute Gasteiger partial charge is 0.460 e. The molecular weight excluding hydrogens is 540 g/mol. The first kappa shape index (κ1) is 32.9. The summed E-state index contributed by atoms with van der Waals surface area (Å²) in [5, 5.41) is 8.36. The van der Waals surface area contributed by atoms with E-state index in [2.05, 4.69) is 16.0 Å². The van der Waals surface area contributed by atoms with Crippen molar-refractivity contribution in [1.82, 2.24) is 16.0 Å². The molecule has 5 atom stereocenters. The van der Waals surface area contributed by atoms with Gasteiger partial charge in [0.25, 0.3) is 0 Å². The predicted octanol–water partition coefficient (Wildman–Crippen LogP) is 3.41. The number of nitrogens with two attached hydrogens (primary N) is 1. The molecule has 0 aromatic heterocycles. The van der Waals surface area contributed by atoms with E-state index in [-0.39, 0.29) is 24.7 Å². The molecule has 1 saturated heterocycles. The molecule has 5 N–H and O–H groups in total. The van der Waals surface area contributed by atoms with Gasteiger partial charge in [0.05, 0.1) is 12.0 Å². The first-order valence-electron chi connectivity index (χ1n) is 15.0. The Bertz CT molecular complexity index is 1100. The monoisotopic (exact) mass is 586 g/mol. The van der Waals surface area contributed by atoms with Gasteiger partial charge in [-0.2, -0.15) is 0 Å². The van der Waals surface area contributed by atoms with E-state index in [4.69, 9.17) is 15.2 Å². The van der Waals surface area contributed by atoms with Crippen molar-refractivity contribution in [1.29, 1.82) is 0 Å². The Labute approximate surface area is 248 Å². The Kier molecular flexibility index (Phi) is 11.8. The molecule has 1 aromatic carbocycles. The molecule has 4 amide bonds. The molecule has 1 aromatic rings. The van der Waals surface area contributed by atoms with Crippen molar-refractivity contribution < 1.29 is 33.4 Å². The molecule has 42 heavy (non-hydrogen) atoms. The van der Waals surface area contributed by atoms with Gasteiger partial charge >= 0.3 is 12.1 Å². The maximum absolute atomic E-state index is 13.9. The topological polar surface area (TPSA) is 166 Å². The number of carbonyl (C=O) groups is 5. The number of carbonyl (C=O) groups excluding carboxylic acids is 5. The van der Waals surface area contributed by atoms with E-state index in [0.29, 0.717) is 24.3 Å². The van der Waals surface area contributed by atoms with Crippen LogP contribution in [0, 0.1) is 11.8 Å². The summed E-state index contributed by atoms with van der Waals surface area (Å²) in [5.41, 5.74) is 5.03. The second-order valence-corrected chi connectivity index (χ2v) is 12.5. The molecule has 3 rings (SSSR count). The van der Waals surface area contributed by atoms with Crippen molar-refractivity contribution in [2.45, 2.75) is 115 Å². The third kappa shape index (κ3) is 10.3. The first-order chi connectivity index (χ1) is 19.8. The number of amides is 4. The summed E-state index contributed by atoms with van der Waals surface area (Å²) in [6, 6.07) is 6.04. The summed E-state index contributed by atoms with van der Waals surface area (Å²) in [7, 11) is 0. The second-order valence-electron chi connectivity index (χ2n) is 12.5. The van der Waals surface area contributed by atoms with Crippen molar-refractivity contribution in [2.24, 2.45) is 17.6 Å². The number of cyclic esters (lactones) is 1. The quantitative estimate of drug-likeness (QED) is 0.272. The SMILES string of the molecule is C[C@@H]1C[C@@H]([C@H](CC2CCCCC2)NC(=O)[C@@H](NC(=O)[C@H](CCC(N)=O)NC(=O)OC(C)(C)C)c2ccccc2)OC1=O. The van der Waals surface area contributed by atoms with E-state index < -0.39 is 53.6 Å². The number of rotatable bonds is 12. The molecule has 2 aliphatic rings. The maximum Gasteiger partial charge on any atom is 0.408 e. The fraction of sp³-hybridized carbons (Fsp3) is 0.645. The highest BCUT2D eigenvalue weighted by Gasteiger charge is 2.39. The molecule has 0 radical (unpaired) electrons. The number of hydrogen-bond acceptors (Lipinski definition) is 7. The molecule has 11 heteroatoms. The number of benzene rings is 1. The van der Waals surface area contributed by atoms with Crippen molar-refractivity contribution >= 4 is 29.8 Å². The third-order valence-electron chi connectivity index (χ3n) is 7.71. The van der Waals surface area contributed by atoms with Crippen LogP contribution in [0.2, 0.25) is 0 Å². The Balaban J connectivity index is 1.82. The second kappa shape index (κ2) is 15.0. The molecule has 1 saturated carbocycles. The maximum atomic E-state index is 13.9. The average Bonchev–Trinajstić information content (AvgIpc) is 3.26. The van der Waals surface area contributed by atoms with Crippen LogP contribution in [0.3, 0.4) is 0 Å². The van der Waals surface area contributed by atoms with Crippen LogP contribution in [0.1, 0.15) is 97.1 Å². The van der Waals surface area contributed by atoms with Crippen LogP contribution in [-0.2, 0) is 28.7 Å². The Hall–Kier alpha value is -3.63. The zero-order valence-corrected chi connectivity index (χ0v) is 25.1. The van der Waals surface area contributed by atoms with Gasteiger partial charge in [-0.15, -0.1) is 0 Å². The number of hydrogen-bond donors (Lipinski definition) is 4. The summed E-state index contributed by atoms with van der Waals surface area (Å²) in [4.78, 5) is 63.7. The fourth-order valence-electron chi connectivity index (χ4n) is 5.55. The van der Waals surface area contributed by atoms with Crippen molar-refractivity contribution in [3.63, 3.8) is 0 Å². The van der Waals surface area contributed by atoms with E-state index in [1.165, 1.54) is 6.42 Å². The van der Waals surface area contributed by atoms with Gasteiger partial charge in [-0.1, -0.05) is 69.4 Å². The number of nitrogens with one attached hydrogen (secondary N) is 3. The van der Waals surface area contributed by atoms with Crippen molar-refractivity contribution in [3.8, 4) is 0 Å². The molecule has 0 bridgehead atoms. The molecular formula is C31H46N4O7. The summed E-state index contributed by atoms with van der Waals surface area (Å²) in [6.07, 6.45) is 5.21. The first-order valence-corrected chi connectivity index (χ1v) is 15.0. The summed E-state index contributed by atoms with van der Waals surface area (Å²) < 4.78 is 11.0. The predicted molar refractivity (Wildman–Crippen MR) is 156 cm³/mol. The highest BCUT2D eigenvalue weighted by molar-refractivity contribution is 5.92. The lowest BCUT2D eigenvalue weighted by atomic mass is 9.83. The Morgan fingerprint density at radius 2 is 1.67 bits per heavy atom.